The van der Waals surface area contributed by atoms with Crippen molar-refractivity contribution in [3.8, 4) is 58.9 Å². The molecular weight excluding hydrogens is 254 g/mol. The molecule has 0 bridgehead atoms. The van der Waals surface area contributed by atoms with Crippen LogP contribution in [0, 0.1) is 47.4 Å². The van der Waals surface area contributed by atoms with Gasteiger partial charge < -0.3 is 15.5 Å². The molecule has 0 heterocycles. The highest BCUT2D eigenvalue weighted by molar-refractivity contribution is 6.05. The minimum Gasteiger partial charge on any atom is -0.508 e. The summed E-state index contributed by atoms with van der Waals surface area (Å²) in [6.07, 6.45) is 0. The van der Waals surface area contributed by atoms with Crippen LogP contribution in [0.25, 0.3) is 0 Å². The van der Waals surface area contributed by atoms with Crippen molar-refractivity contribution in [3.63, 3.8) is 0 Å². The molecule has 0 aromatic heterocycles. The van der Waals surface area contributed by atoms with Gasteiger partial charge in [-0.05, 0) is 54.6 Å². The Morgan fingerprint density at radius 2 is 1.70 bits per heavy atom. The Morgan fingerprint density at radius 3 is 2.40 bits per heavy atom. The average molecular weight is 263 g/mol. The van der Waals surface area contributed by atoms with Crippen LogP contribution >= 0.6 is 0 Å². The number of phenols is 2. The monoisotopic (exact) mass is 263 g/mol. The summed E-state index contributed by atoms with van der Waals surface area (Å²) in [5.74, 6) is 18.3. The molecule has 0 aliphatic rings. The molecule has 0 aliphatic carbocycles. The number of carbonyl (C=O) groups is 1. The molecular formula is C16H9NO3. The van der Waals surface area contributed by atoms with Crippen LogP contribution in [0.5, 0.6) is 11.5 Å². The molecule has 0 saturated heterocycles. The molecule has 0 saturated carbocycles. The Labute approximate surface area is 116 Å². The summed E-state index contributed by atoms with van der Waals surface area (Å²) in [5, 5.41) is 21.0. The van der Waals surface area contributed by atoms with E-state index >= 15 is 0 Å². The van der Waals surface area contributed by atoms with Gasteiger partial charge in [0.1, 0.15) is 11.5 Å². The van der Waals surface area contributed by atoms with Crippen LogP contribution in [0.2, 0.25) is 0 Å². The van der Waals surface area contributed by atoms with Gasteiger partial charge in [0, 0.05) is 12.0 Å². The Bertz CT molecular complexity index is 763. The first-order valence-electron chi connectivity index (χ1n) is 5.39. The zero-order chi connectivity index (χ0) is 14.8. The summed E-state index contributed by atoms with van der Waals surface area (Å²) in [6.45, 7) is 1.66. The highest BCUT2D eigenvalue weighted by Gasteiger charge is 2.04. The zero-order valence-corrected chi connectivity index (χ0v) is 10.5. The molecule has 0 unspecified atom stereocenters. The Balaban J connectivity index is 2.67. The van der Waals surface area contributed by atoms with Crippen LogP contribution in [0.15, 0.2) is 18.2 Å². The van der Waals surface area contributed by atoms with E-state index < -0.39 is 5.91 Å². The predicted molar refractivity (Wildman–Crippen MR) is 75.2 cm³/mol. The number of hydrogen-bond acceptors (Lipinski definition) is 3. The third kappa shape index (κ3) is 5.24. The van der Waals surface area contributed by atoms with Crippen LogP contribution in [-0.2, 0) is 4.79 Å². The molecule has 96 valence electrons. The molecule has 0 fully saturated rings. The van der Waals surface area contributed by atoms with Gasteiger partial charge in [0.15, 0.2) is 0 Å². The van der Waals surface area contributed by atoms with Gasteiger partial charge in [-0.25, -0.2) is 0 Å². The van der Waals surface area contributed by atoms with Crippen molar-refractivity contribution in [2.75, 3.05) is 5.32 Å². The predicted octanol–water partition coefficient (Wildman–Crippen LogP) is 1.07. The molecule has 4 nitrogen and oxygen atoms in total. The van der Waals surface area contributed by atoms with Gasteiger partial charge in [0.25, 0.3) is 0 Å². The fraction of sp³-hybridized carbons (Fsp3) is 0.0625. The van der Waals surface area contributed by atoms with Crippen molar-refractivity contribution in [1.82, 2.24) is 0 Å². The van der Waals surface area contributed by atoms with Crippen molar-refractivity contribution < 1.29 is 15.0 Å². The number of rotatable bonds is 1. The Kier molecular flexibility index (Phi) is 5.67. The summed E-state index contributed by atoms with van der Waals surface area (Å²) in [4.78, 5) is 11.4. The van der Waals surface area contributed by atoms with E-state index in [1.807, 2.05) is 0 Å². The number of nitrogens with one attached hydrogen (secondary N) is 1. The van der Waals surface area contributed by atoms with Crippen molar-refractivity contribution in [2.45, 2.75) is 6.92 Å². The highest BCUT2D eigenvalue weighted by Crippen LogP contribution is 2.26. The molecule has 0 aliphatic heterocycles. The van der Waals surface area contributed by atoms with E-state index in [9.17, 15) is 15.0 Å². The van der Waals surface area contributed by atoms with Gasteiger partial charge >= 0.3 is 5.91 Å². The minimum atomic E-state index is -0.665. The van der Waals surface area contributed by atoms with Crippen LogP contribution in [-0.4, -0.2) is 16.1 Å². The zero-order valence-electron chi connectivity index (χ0n) is 10.5. The van der Waals surface area contributed by atoms with Crippen molar-refractivity contribution in [2.24, 2.45) is 0 Å². The molecule has 20 heavy (non-hydrogen) atoms. The lowest BCUT2D eigenvalue weighted by Crippen LogP contribution is -2.08. The third-order valence-electron chi connectivity index (χ3n) is 1.84. The second-order valence-electron chi connectivity index (χ2n) is 3.28. The lowest BCUT2D eigenvalue weighted by Gasteiger charge is -2.03. The fourth-order valence-corrected chi connectivity index (χ4v) is 1.05. The number of benzene rings is 1. The first-order valence-corrected chi connectivity index (χ1v) is 5.39. The van der Waals surface area contributed by atoms with Crippen molar-refractivity contribution >= 4 is 11.6 Å². The molecule has 1 aromatic carbocycles. The van der Waals surface area contributed by atoms with E-state index in [0.717, 1.165) is 0 Å². The highest BCUT2D eigenvalue weighted by atomic mass is 16.3. The van der Waals surface area contributed by atoms with Gasteiger partial charge in [-0.15, -0.1) is 0 Å². The van der Waals surface area contributed by atoms with E-state index in [1.54, 1.807) is 6.92 Å². The number of aromatic hydroxyl groups is 2. The maximum absolute atomic E-state index is 11.4. The van der Waals surface area contributed by atoms with Gasteiger partial charge in [-0.1, -0.05) is 5.92 Å². The van der Waals surface area contributed by atoms with Crippen LogP contribution in [0.1, 0.15) is 6.92 Å². The topological polar surface area (TPSA) is 69.6 Å². The van der Waals surface area contributed by atoms with E-state index in [4.69, 9.17) is 0 Å². The quantitative estimate of drug-likeness (QED) is 0.403. The number of anilines is 1. The van der Waals surface area contributed by atoms with Gasteiger partial charge in [-0.3, -0.25) is 4.79 Å². The number of amides is 1. The normalized spacial score (nSPS) is 7.25. The Morgan fingerprint density at radius 1 is 1.05 bits per heavy atom. The molecule has 0 radical (unpaired) electrons. The van der Waals surface area contributed by atoms with Gasteiger partial charge in [-0.2, -0.15) is 0 Å². The number of phenolic OH excluding ortho intramolecular Hbond substituents is 2. The third-order valence-corrected chi connectivity index (χ3v) is 1.84. The second kappa shape index (κ2) is 7.78. The average Bonchev–Trinajstić information content (AvgIpc) is 2.42. The van der Waals surface area contributed by atoms with E-state index in [2.05, 4.69) is 52.7 Å². The van der Waals surface area contributed by atoms with Gasteiger partial charge in [0.2, 0.25) is 0 Å². The fourth-order valence-electron chi connectivity index (χ4n) is 1.05. The summed E-state index contributed by atoms with van der Waals surface area (Å²) >= 11 is 0. The second-order valence-corrected chi connectivity index (χ2v) is 3.28. The number of hydrogen-bond donors (Lipinski definition) is 3. The minimum absolute atomic E-state index is 0.0651. The lowest BCUT2D eigenvalue weighted by atomic mass is 10.2. The van der Waals surface area contributed by atoms with Crippen molar-refractivity contribution in [3.05, 3.63) is 18.2 Å². The van der Waals surface area contributed by atoms with Crippen LogP contribution in [0.4, 0.5) is 5.69 Å². The molecule has 1 aromatic rings. The van der Waals surface area contributed by atoms with Crippen LogP contribution in [0.3, 0.4) is 0 Å². The maximum atomic E-state index is 11.4. The van der Waals surface area contributed by atoms with Gasteiger partial charge in [0.05, 0.1) is 5.69 Å². The SMILES string of the molecule is CC#CC#CC#CC#CC(=O)Nc1cc(O)ccc1O. The standard InChI is InChI=1S/C16H9NO3/c1-2-3-4-5-6-7-8-9-16(20)17-14-12-13(18)10-11-15(14)19/h10-12,18-19H,1H3,(H,17,20). The van der Waals surface area contributed by atoms with E-state index in [0.29, 0.717) is 0 Å². The lowest BCUT2D eigenvalue weighted by molar-refractivity contribution is -0.111. The number of carbonyl (C=O) groups excluding carboxylic acids is 1. The smallest absolute Gasteiger partial charge is 0.301 e. The molecule has 0 spiro atoms. The molecule has 3 N–H and O–H groups in total. The summed E-state index contributed by atoms with van der Waals surface area (Å²) in [5.41, 5.74) is 0.0651. The molecule has 4 heteroatoms. The first kappa shape index (κ1) is 14.6. The van der Waals surface area contributed by atoms with E-state index in [1.165, 1.54) is 18.2 Å². The Hall–Kier alpha value is -3.47. The molecule has 0 atom stereocenters. The van der Waals surface area contributed by atoms with Crippen LogP contribution < -0.4 is 5.32 Å². The molecule has 1 amide bonds. The summed E-state index contributed by atoms with van der Waals surface area (Å²) in [6, 6.07) is 3.75. The molecule has 1 rings (SSSR count). The van der Waals surface area contributed by atoms with E-state index in [-0.39, 0.29) is 17.2 Å². The van der Waals surface area contributed by atoms with Crippen molar-refractivity contribution in [1.29, 1.82) is 0 Å². The maximum Gasteiger partial charge on any atom is 0.301 e. The largest absolute Gasteiger partial charge is 0.508 e. The first-order chi connectivity index (χ1) is 9.63. The summed E-state index contributed by atoms with van der Waals surface area (Å²) < 4.78 is 0. The summed E-state index contributed by atoms with van der Waals surface area (Å²) in [7, 11) is 0.